The van der Waals surface area contributed by atoms with E-state index < -0.39 is 0 Å². The van der Waals surface area contributed by atoms with E-state index in [9.17, 15) is 9.59 Å². The fraction of sp³-hybridized carbons (Fsp3) is 0.273. The first-order valence-corrected chi connectivity index (χ1v) is 9.31. The molecule has 0 saturated heterocycles. The molecule has 1 aliphatic rings. The Kier molecular flexibility index (Phi) is 4.77. The number of nitrogens with zero attached hydrogens (tertiary/aromatic N) is 2. The fourth-order valence-corrected chi connectivity index (χ4v) is 3.40. The van der Waals surface area contributed by atoms with Crippen molar-refractivity contribution in [2.45, 2.75) is 19.4 Å². The summed E-state index contributed by atoms with van der Waals surface area (Å²) in [6.45, 7) is 2.25. The number of para-hydroxylation sites is 3. The Labute approximate surface area is 163 Å². The molecular weight excluding hydrogens is 356 g/mol. The summed E-state index contributed by atoms with van der Waals surface area (Å²) in [5.41, 5.74) is 1.51. The van der Waals surface area contributed by atoms with Crippen LogP contribution in [0.5, 0.6) is 5.75 Å². The van der Waals surface area contributed by atoms with Gasteiger partial charge in [0.05, 0.1) is 11.7 Å². The van der Waals surface area contributed by atoms with Crippen molar-refractivity contribution >= 4 is 28.5 Å². The molecule has 0 aliphatic carbocycles. The Morgan fingerprint density at radius 3 is 2.75 bits per heavy atom. The van der Waals surface area contributed by atoms with Crippen LogP contribution in [0, 0.1) is 0 Å². The van der Waals surface area contributed by atoms with Crippen LogP contribution in [-0.4, -0.2) is 36.9 Å². The Morgan fingerprint density at radius 1 is 1.18 bits per heavy atom. The van der Waals surface area contributed by atoms with Gasteiger partial charge in [0.15, 0.2) is 6.61 Å². The van der Waals surface area contributed by atoms with Crippen molar-refractivity contribution < 1.29 is 18.7 Å². The van der Waals surface area contributed by atoms with Gasteiger partial charge in [-0.1, -0.05) is 30.3 Å². The summed E-state index contributed by atoms with van der Waals surface area (Å²) in [5.74, 6) is 1.22. The number of rotatable bonds is 5. The van der Waals surface area contributed by atoms with E-state index in [1.165, 1.54) is 0 Å². The summed E-state index contributed by atoms with van der Waals surface area (Å²) in [5, 5.41) is 1.01. The maximum absolute atomic E-state index is 12.7. The summed E-state index contributed by atoms with van der Waals surface area (Å²) in [7, 11) is 1.76. The van der Waals surface area contributed by atoms with Crippen LogP contribution in [0.25, 0.3) is 11.0 Å². The summed E-state index contributed by atoms with van der Waals surface area (Å²) < 4.78 is 11.3. The molecule has 1 atom stereocenters. The van der Waals surface area contributed by atoms with E-state index in [1.807, 2.05) is 61.5 Å². The number of furan rings is 1. The van der Waals surface area contributed by atoms with Gasteiger partial charge in [0, 0.05) is 25.4 Å². The molecule has 0 bridgehead atoms. The second-order valence-corrected chi connectivity index (χ2v) is 6.92. The molecule has 6 heteroatoms. The number of hydrogen-bond acceptors (Lipinski definition) is 4. The highest BCUT2D eigenvalue weighted by Crippen LogP contribution is 2.32. The summed E-state index contributed by atoms with van der Waals surface area (Å²) in [6.07, 6.45) is 0.223. The highest BCUT2D eigenvalue weighted by atomic mass is 16.5. The van der Waals surface area contributed by atoms with Gasteiger partial charge in [0.25, 0.3) is 5.91 Å². The minimum absolute atomic E-state index is 0.00354. The molecule has 1 aliphatic heterocycles. The van der Waals surface area contributed by atoms with Gasteiger partial charge in [-0.05, 0) is 31.2 Å². The van der Waals surface area contributed by atoms with Gasteiger partial charge in [-0.25, -0.2) is 0 Å². The topological polar surface area (TPSA) is 63.0 Å². The van der Waals surface area contributed by atoms with Gasteiger partial charge < -0.3 is 19.0 Å². The Bertz CT molecular complexity index is 993. The lowest BCUT2D eigenvalue weighted by Crippen LogP contribution is -2.41. The highest BCUT2D eigenvalue weighted by molar-refractivity contribution is 5.98. The van der Waals surface area contributed by atoms with Gasteiger partial charge in [-0.15, -0.1) is 0 Å². The zero-order valence-corrected chi connectivity index (χ0v) is 15.9. The molecule has 2 amide bonds. The summed E-state index contributed by atoms with van der Waals surface area (Å²) >= 11 is 0. The number of hydrogen-bond donors (Lipinski definition) is 0. The van der Waals surface area contributed by atoms with Gasteiger partial charge in [0.1, 0.15) is 17.1 Å². The van der Waals surface area contributed by atoms with Crippen LogP contribution in [0.3, 0.4) is 0 Å². The molecular formula is C22H22N2O4. The first kappa shape index (κ1) is 18.1. The maximum atomic E-state index is 12.7. The number of anilines is 1. The molecule has 144 valence electrons. The van der Waals surface area contributed by atoms with Crippen molar-refractivity contribution in [2.24, 2.45) is 0 Å². The van der Waals surface area contributed by atoms with Crippen molar-refractivity contribution in [3.8, 4) is 5.75 Å². The van der Waals surface area contributed by atoms with Crippen molar-refractivity contribution in [1.82, 2.24) is 4.90 Å². The van der Waals surface area contributed by atoms with E-state index >= 15 is 0 Å². The monoisotopic (exact) mass is 378 g/mol. The molecule has 0 N–H and O–H groups in total. The lowest BCUT2D eigenvalue weighted by Gasteiger charge is -2.30. The average Bonchev–Trinajstić information content (AvgIpc) is 3.16. The molecule has 3 aromatic rings. The predicted octanol–water partition coefficient (Wildman–Crippen LogP) is 3.77. The number of benzene rings is 2. The molecule has 1 unspecified atom stereocenters. The molecule has 0 fully saturated rings. The van der Waals surface area contributed by atoms with Gasteiger partial charge >= 0.3 is 0 Å². The van der Waals surface area contributed by atoms with Crippen molar-refractivity contribution in [2.75, 3.05) is 25.1 Å². The van der Waals surface area contributed by atoms with E-state index in [-0.39, 0.29) is 30.9 Å². The van der Waals surface area contributed by atoms with Crippen LogP contribution in [0.2, 0.25) is 0 Å². The second-order valence-electron chi connectivity index (χ2n) is 6.92. The lowest BCUT2D eigenvalue weighted by molar-refractivity contribution is -0.132. The van der Waals surface area contributed by atoms with E-state index in [0.717, 1.165) is 16.7 Å². The maximum Gasteiger partial charge on any atom is 0.265 e. The SMILES string of the molecule is CC(c1cc2ccccc2o1)N(C)C(=O)CCN1C(=O)COc2ccccc21. The first-order valence-electron chi connectivity index (χ1n) is 9.31. The summed E-state index contributed by atoms with van der Waals surface area (Å²) in [6, 6.07) is 16.9. The zero-order valence-electron chi connectivity index (χ0n) is 15.9. The first-order chi connectivity index (χ1) is 13.5. The molecule has 0 spiro atoms. The number of ether oxygens (including phenoxy) is 1. The molecule has 6 nitrogen and oxygen atoms in total. The second kappa shape index (κ2) is 7.38. The predicted molar refractivity (Wildman–Crippen MR) is 106 cm³/mol. The molecule has 2 heterocycles. The van der Waals surface area contributed by atoms with Crippen LogP contribution in [0.1, 0.15) is 25.1 Å². The lowest BCUT2D eigenvalue weighted by atomic mass is 10.1. The Morgan fingerprint density at radius 2 is 1.93 bits per heavy atom. The number of amides is 2. The minimum atomic E-state index is -0.201. The van der Waals surface area contributed by atoms with Crippen LogP contribution < -0.4 is 9.64 Å². The molecule has 2 aromatic carbocycles. The van der Waals surface area contributed by atoms with Gasteiger partial charge in [0.2, 0.25) is 5.91 Å². The molecule has 28 heavy (non-hydrogen) atoms. The third kappa shape index (κ3) is 3.33. The van der Waals surface area contributed by atoms with Gasteiger partial charge in [-0.2, -0.15) is 0 Å². The Hall–Kier alpha value is -3.28. The number of carbonyl (C=O) groups excluding carboxylic acids is 2. The molecule has 1 aromatic heterocycles. The Balaban J connectivity index is 1.44. The van der Waals surface area contributed by atoms with Crippen LogP contribution in [-0.2, 0) is 9.59 Å². The van der Waals surface area contributed by atoms with Crippen molar-refractivity contribution in [3.05, 3.63) is 60.4 Å². The van der Waals surface area contributed by atoms with Gasteiger partial charge in [-0.3, -0.25) is 9.59 Å². The summed E-state index contributed by atoms with van der Waals surface area (Å²) in [4.78, 5) is 28.3. The van der Waals surface area contributed by atoms with Crippen LogP contribution in [0.15, 0.2) is 59.0 Å². The normalized spacial score (nSPS) is 14.5. The zero-order chi connectivity index (χ0) is 19.7. The van der Waals surface area contributed by atoms with E-state index in [0.29, 0.717) is 18.0 Å². The molecule has 0 radical (unpaired) electrons. The number of fused-ring (bicyclic) bond motifs is 2. The quantitative estimate of drug-likeness (QED) is 0.678. The standard InChI is InChI=1S/C22H22N2O4/c1-15(20-13-16-7-3-5-9-18(16)28-20)23(2)21(25)11-12-24-17-8-4-6-10-19(17)27-14-22(24)26/h3-10,13,15H,11-12,14H2,1-2H3. The van der Waals surface area contributed by atoms with Crippen molar-refractivity contribution in [1.29, 1.82) is 0 Å². The van der Waals surface area contributed by atoms with E-state index in [2.05, 4.69) is 0 Å². The van der Waals surface area contributed by atoms with E-state index in [4.69, 9.17) is 9.15 Å². The van der Waals surface area contributed by atoms with Crippen LogP contribution >= 0.6 is 0 Å². The third-order valence-electron chi connectivity index (χ3n) is 5.19. The third-order valence-corrected chi connectivity index (χ3v) is 5.19. The average molecular weight is 378 g/mol. The van der Waals surface area contributed by atoms with Crippen LogP contribution in [0.4, 0.5) is 5.69 Å². The minimum Gasteiger partial charge on any atom is -0.482 e. The molecule has 4 rings (SSSR count). The largest absolute Gasteiger partial charge is 0.482 e. The molecule has 0 saturated carbocycles. The smallest absolute Gasteiger partial charge is 0.265 e. The number of carbonyl (C=O) groups is 2. The fourth-order valence-electron chi connectivity index (χ4n) is 3.40. The van der Waals surface area contributed by atoms with Crippen molar-refractivity contribution in [3.63, 3.8) is 0 Å². The highest BCUT2D eigenvalue weighted by Gasteiger charge is 2.27. The van der Waals surface area contributed by atoms with E-state index in [1.54, 1.807) is 16.8 Å².